The van der Waals surface area contributed by atoms with E-state index in [1.807, 2.05) is 11.8 Å². The van der Waals surface area contributed by atoms with E-state index in [4.69, 9.17) is 4.74 Å². The smallest absolute Gasteiger partial charge is 0.151 e. The molecule has 0 bridgehead atoms. The summed E-state index contributed by atoms with van der Waals surface area (Å²) in [6.45, 7) is 0. The second-order valence-corrected chi connectivity index (χ2v) is 5.77. The standard InChI is InChI=1S/C10H16N2O2S/c13-5-3-1-2-4-6-7-10(15-6)12-9-8(11-7)14-9/h5-12H,1-4H2. The van der Waals surface area contributed by atoms with Crippen LogP contribution in [-0.4, -0.2) is 35.4 Å². The largest absolute Gasteiger partial charge is 0.337 e. The summed E-state index contributed by atoms with van der Waals surface area (Å²) in [6, 6.07) is 0.579. The zero-order valence-corrected chi connectivity index (χ0v) is 9.33. The second kappa shape index (κ2) is 4.05. The van der Waals surface area contributed by atoms with Gasteiger partial charge in [-0.3, -0.25) is 10.6 Å². The molecule has 3 aliphatic heterocycles. The van der Waals surface area contributed by atoms with Crippen LogP contribution in [0.25, 0.3) is 0 Å². The summed E-state index contributed by atoms with van der Waals surface area (Å²) in [6.07, 6.45) is 5.68. The molecule has 5 atom stereocenters. The number of nitrogens with one attached hydrogen (secondary N) is 2. The first-order chi connectivity index (χ1) is 7.38. The average molecular weight is 228 g/mol. The van der Waals surface area contributed by atoms with Crippen LogP contribution in [0.1, 0.15) is 25.7 Å². The fourth-order valence-corrected chi connectivity index (χ4v) is 3.80. The molecule has 5 unspecified atom stereocenters. The molecule has 3 aliphatic rings. The van der Waals surface area contributed by atoms with E-state index < -0.39 is 0 Å². The molecule has 4 nitrogen and oxygen atoms in total. The van der Waals surface area contributed by atoms with Crippen LogP contribution in [0.15, 0.2) is 0 Å². The molecular formula is C10H16N2O2S. The van der Waals surface area contributed by atoms with Crippen molar-refractivity contribution >= 4 is 18.0 Å². The third kappa shape index (κ3) is 1.93. The topological polar surface area (TPSA) is 53.7 Å². The van der Waals surface area contributed by atoms with Gasteiger partial charge in [0, 0.05) is 17.7 Å². The highest BCUT2D eigenvalue weighted by atomic mass is 32.2. The van der Waals surface area contributed by atoms with Gasteiger partial charge in [0.05, 0.1) is 5.37 Å². The molecule has 0 saturated carbocycles. The monoisotopic (exact) mass is 228 g/mol. The fourth-order valence-electron chi connectivity index (χ4n) is 2.34. The van der Waals surface area contributed by atoms with Crippen molar-refractivity contribution in [3.63, 3.8) is 0 Å². The number of ether oxygens (including phenoxy) is 1. The van der Waals surface area contributed by atoms with Crippen LogP contribution in [0.5, 0.6) is 0 Å². The number of rotatable bonds is 5. The zero-order valence-electron chi connectivity index (χ0n) is 8.52. The number of aldehydes is 1. The number of carbonyl (C=O) groups is 1. The fraction of sp³-hybridized carbons (Fsp3) is 0.900. The van der Waals surface area contributed by atoms with Crippen molar-refractivity contribution in [2.45, 2.75) is 54.8 Å². The minimum atomic E-state index is 0.268. The van der Waals surface area contributed by atoms with Gasteiger partial charge < -0.3 is 9.53 Å². The lowest BCUT2D eigenvalue weighted by molar-refractivity contribution is -0.107. The number of unbranched alkanes of at least 4 members (excludes halogenated alkanes) is 2. The molecule has 0 amide bonds. The number of piperazine rings is 1. The van der Waals surface area contributed by atoms with Gasteiger partial charge in [-0.1, -0.05) is 6.42 Å². The predicted octanol–water partition coefficient (Wildman–Crippen LogP) is 0.431. The highest BCUT2D eigenvalue weighted by molar-refractivity contribution is 8.02. The molecule has 0 spiro atoms. The maximum atomic E-state index is 10.2. The third-order valence-corrected chi connectivity index (χ3v) is 4.89. The van der Waals surface area contributed by atoms with Gasteiger partial charge in [-0.25, -0.2) is 0 Å². The van der Waals surface area contributed by atoms with Crippen LogP contribution in [0.2, 0.25) is 0 Å². The van der Waals surface area contributed by atoms with E-state index in [-0.39, 0.29) is 12.5 Å². The Morgan fingerprint density at radius 3 is 3.00 bits per heavy atom. The quantitative estimate of drug-likeness (QED) is 0.406. The van der Waals surface area contributed by atoms with Crippen LogP contribution < -0.4 is 10.6 Å². The molecule has 0 aromatic carbocycles. The molecule has 3 saturated heterocycles. The average Bonchev–Trinajstić information content (AvgIpc) is 2.97. The Hall–Kier alpha value is -0.100. The van der Waals surface area contributed by atoms with Gasteiger partial charge in [-0.2, -0.15) is 0 Å². The molecule has 2 N–H and O–H groups in total. The van der Waals surface area contributed by atoms with Gasteiger partial charge in [0.2, 0.25) is 0 Å². The van der Waals surface area contributed by atoms with Crippen molar-refractivity contribution in [3.8, 4) is 0 Å². The van der Waals surface area contributed by atoms with Crippen molar-refractivity contribution in [3.05, 3.63) is 0 Å². The minimum Gasteiger partial charge on any atom is -0.337 e. The molecule has 0 radical (unpaired) electrons. The number of epoxide rings is 1. The number of hydrogen-bond acceptors (Lipinski definition) is 5. The van der Waals surface area contributed by atoms with E-state index in [0.29, 0.717) is 23.1 Å². The van der Waals surface area contributed by atoms with Gasteiger partial charge in [0.25, 0.3) is 0 Å². The summed E-state index contributed by atoms with van der Waals surface area (Å²) >= 11 is 2.00. The first kappa shape index (κ1) is 10.1. The first-order valence-electron chi connectivity index (χ1n) is 5.65. The van der Waals surface area contributed by atoms with E-state index in [0.717, 1.165) is 19.1 Å². The number of fused-ring (bicyclic) bond motifs is 2. The van der Waals surface area contributed by atoms with E-state index in [9.17, 15) is 4.79 Å². The maximum Gasteiger partial charge on any atom is 0.151 e. The molecular weight excluding hydrogens is 212 g/mol. The number of carbonyl (C=O) groups excluding carboxylic acids is 1. The highest BCUT2D eigenvalue weighted by Gasteiger charge is 2.55. The lowest BCUT2D eigenvalue weighted by Crippen LogP contribution is -2.65. The second-order valence-electron chi connectivity index (χ2n) is 4.38. The van der Waals surface area contributed by atoms with E-state index >= 15 is 0 Å². The van der Waals surface area contributed by atoms with Crippen LogP contribution in [0.4, 0.5) is 0 Å². The molecule has 0 aromatic heterocycles. The number of thioether (sulfide) groups is 1. The van der Waals surface area contributed by atoms with Crippen LogP contribution in [0, 0.1) is 0 Å². The lowest BCUT2D eigenvalue weighted by atomic mass is 10.0. The van der Waals surface area contributed by atoms with Crippen LogP contribution in [0.3, 0.4) is 0 Å². The Labute approximate surface area is 93.5 Å². The lowest BCUT2D eigenvalue weighted by Gasteiger charge is -2.46. The molecule has 0 aromatic rings. The van der Waals surface area contributed by atoms with Crippen molar-refractivity contribution in [2.75, 3.05) is 0 Å². The molecule has 15 heavy (non-hydrogen) atoms. The molecule has 0 aliphatic carbocycles. The van der Waals surface area contributed by atoms with Gasteiger partial charge in [0.1, 0.15) is 6.29 Å². The van der Waals surface area contributed by atoms with Gasteiger partial charge in [0.15, 0.2) is 12.5 Å². The normalized spacial score (nSPS) is 46.3. The maximum absolute atomic E-state index is 10.2. The van der Waals surface area contributed by atoms with Crippen molar-refractivity contribution in [1.82, 2.24) is 10.6 Å². The number of hydrogen-bond donors (Lipinski definition) is 2. The molecule has 3 rings (SSSR count). The van der Waals surface area contributed by atoms with E-state index in [2.05, 4.69) is 10.6 Å². The summed E-state index contributed by atoms with van der Waals surface area (Å²) in [5.41, 5.74) is 0. The van der Waals surface area contributed by atoms with Crippen LogP contribution in [-0.2, 0) is 9.53 Å². The Balaban J connectivity index is 1.39. The van der Waals surface area contributed by atoms with Gasteiger partial charge >= 0.3 is 0 Å². The molecule has 5 heteroatoms. The molecule has 84 valence electrons. The first-order valence-corrected chi connectivity index (χ1v) is 6.59. The molecule has 3 heterocycles. The Kier molecular flexibility index (Phi) is 2.72. The third-order valence-electron chi connectivity index (χ3n) is 3.29. The minimum absolute atomic E-state index is 0.268. The van der Waals surface area contributed by atoms with Crippen molar-refractivity contribution in [1.29, 1.82) is 0 Å². The van der Waals surface area contributed by atoms with Gasteiger partial charge in [-0.05, 0) is 12.8 Å². The highest BCUT2D eigenvalue weighted by Crippen LogP contribution is 2.43. The zero-order chi connectivity index (χ0) is 10.3. The Morgan fingerprint density at radius 2 is 2.13 bits per heavy atom. The van der Waals surface area contributed by atoms with E-state index in [1.165, 1.54) is 6.42 Å². The van der Waals surface area contributed by atoms with Crippen molar-refractivity contribution in [2.24, 2.45) is 0 Å². The summed E-state index contributed by atoms with van der Waals surface area (Å²) in [7, 11) is 0. The Bertz CT molecular complexity index is 264. The predicted molar refractivity (Wildman–Crippen MR) is 58.4 cm³/mol. The Morgan fingerprint density at radius 1 is 1.27 bits per heavy atom. The van der Waals surface area contributed by atoms with Crippen LogP contribution >= 0.6 is 11.8 Å². The summed E-state index contributed by atoms with van der Waals surface area (Å²) < 4.78 is 5.37. The summed E-state index contributed by atoms with van der Waals surface area (Å²) in [4.78, 5) is 10.2. The summed E-state index contributed by atoms with van der Waals surface area (Å²) in [5, 5.41) is 8.20. The van der Waals surface area contributed by atoms with E-state index in [1.54, 1.807) is 0 Å². The SMILES string of the molecule is O=CCCCCC1SC2NC3OC3NC12. The summed E-state index contributed by atoms with van der Waals surface area (Å²) in [5.74, 6) is 0. The van der Waals surface area contributed by atoms with Crippen molar-refractivity contribution < 1.29 is 9.53 Å². The van der Waals surface area contributed by atoms with Gasteiger partial charge in [-0.15, -0.1) is 11.8 Å². The molecule has 3 fully saturated rings.